The van der Waals surface area contributed by atoms with Crippen LogP contribution < -0.4 is 10.6 Å². The maximum absolute atomic E-state index is 5.56. The van der Waals surface area contributed by atoms with Crippen molar-refractivity contribution >= 4 is 29.9 Å². The molecule has 0 amide bonds. The van der Waals surface area contributed by atoms with Crippen LogP contribution in [-0.4, -0.2) is 80.3 Å². The summed E-state index contributed by atoms with van der Waals surface area (Å²) < 4.78 is 5.56. The van der Waals surface area contributed by atoms with E-state index in [1.54, 1.807) is 0 Å². The van der Waals surface area contributed by atoms with Crippen LogP contribution in [0.4, 0.5) is 0 Å². The second-order valence-electron chi connectivity index (χ2n) is 8.65. The van der Waals surface area contributed by atoms with Crippen LogP contribution in [0.15, 0.2) is 29.3 Å². The lowest BCUT2D eigenvalue weighted by molar-refractivity contribution is -0.0174. The molecular weight excluding hydrogens is 489 g/mol. The van der Waals surface area contributed by atoms with Gasteiger partial charge >= 0.3 is 0 Å². The molecule has 1 aromatic rings. The molecule has 7 heteroatoms. The number of hydrogen-bond donors (Lipinski definition) is 2. The van der Waals surface area contributed by atoms with Crippen LogP contribution in [0.1, 0.15) is 37.8 Å². The van der Waals surface area contributed by atoms with Gasteiger partial charge in [-0.15, -0.1) is 24.0 Å². The van der Waals surface area contributed by atoms with Crippen molar-refractivity contribution in [3.05, 3.63) is 35.4 Å². The fourth-order valence-electron chi connectivity index (χ4n) is 4.45. The number of benzene rings is 1. The Kier molecular flexibility index (Phi) is 10.8. The quantitative estimate of drug-likeness (QED) is 0.337. The summed E-state index contributed by atoms with van der Waals surface area (Å²) >= 11 is 0. The minimum atomic E-state index is 0. The van der Waals surface area contributed by atoms with Gasteiger partial charge in [0.05, 0.1) is 13.2 Å². The first-order valence-corrected chi connectivity index (χ1v) is 11.1. The zero-order valence-electron chi connectivity index (χ0n) is 19.1. The van der Waals surface area contributed by atoms with E-state index in [9.17, 15) is 0 Å². The van der Waals surface area contributed by atoms with Gasteiger partial charge in [0, 0.05) is 57.9 Å². The number of rotatable bonds is 6. The number of aliphatic imine (C=N–C) groups is 1. The molecule has 2 atom stereocenters. The van der Waals surface area contributed by atoms with Crippen LogP contribution in [-0.2, 0) is 11.3 Å². The summed E-state index contributed by atoms with van der Waals surface area (Å²) in [4.78, 5) is 9.53. The Bertz CT molecular complexity index is 663. The molecule has 0 saturated carbocycles. The van der Waals surface area contributed by atoms with Gasteiger partial charge in [0.15, 0.2) is 5.96 Å². The lowest BCUT2D eigenvalue weighted by Gasteiger charge is -2.38. The van der Waals surface area contributed by atoms with Gasteiger partial charge in [-0.25, -0.2) is 0 Å². The van der Waals surface area contributed by atoms with Crippen LogP contribution in [0.5, 0.6) is 0 Å². The van der Waals surface area contributed by atoms with Crippen LogP contribution in [0, 0.1) is 6.92 Å². The molecular formula is C23H40IN5O. The van der Waals surface area contributed by atoms with Crippen molar-refractivity contribution in [2.24, 2.45) is 4.99 Å². The predicted octanol–water partition coefficient (Wildman–Crippen LogP) is 2.85. The summed E-state index contributed by atoms with van der Waals surface area (Å²) in [6, 6.07) is 10.3. The fraction of sp³-hybridized carbons (Fsp3) is 0.696. The summed E-state index contributed by atoms with van der Waals surface area (Å²) in [5.41, 5.74) is 2.76. The average Bonchev–Trinajstić information content (AvgIpc) is 2.72. The highest BCUT2D eigenvalue weighted by Gasteiger charge is 2.24. The molecule has 1 aromatic carbocycles. The highest BCUT2D eigenvalue weighted by Crippen LogP contribution is 2.15. The minimum Gasteiger partial charge on any atom is -0.379 e. The van der Waals surface area contributed by atoms with Gasteiger partial charge in [-0.2, -0.15) is 0 Å². The van der Waals surface area contributed by atoms with Crippen LogP contribution in [0.25, 0.3) is 0 Å². The van der Waals surface area contributed by atoms with Gasteiger partial charge in [0.25, 0.3) is 0 Å². The van der Waals surface area contributed by atoms with E-state index in [0.29, 0.717) is 18.1 Å². The smallest absolute Gasteiger partial charge is 0.191 e. The lowest BCUT2D eigenvalue weighted by Crippen LogP contribution is -2.54. The molecule has 3 rings (SSSR count). The first-order valence-electron chi connectivity index (χ1n) is 11.1. The largest absolute Gasteiger partial charge is 0.379 e. The Morgan fingerprint density at radius 1 is 1.27 bits per heavy atom. The van der Waals surface area contributed by atoms with Gasteiger partial charge in [0.1, 0.15) is 0 Å². The number of nitrogens with zero attached hydrogens (tertiary/aromatic N) is 3. The number of halogens is 1. The molecule has 2 N–H and O–H groups in total. The standard InChI is InChI=1S/C23H39N5O.HI/c1-18-6-5-7-21(14-18)16-27-10-8-22(9-11-27)26-23(24-4)25-15-19(2)28-12-13-29-17-20(28)3;/h5-7,14,19-20,22H,8-13,15-17H2,1-4H3,(H2,24,25,26);1H. The van der Waals surface area contributed by atoms with E-state index in [0.717, 1.165) is 64.7 Å². The second kappa shape index (κ2) is 12.8. The predicted molar refractivity (Wildman–Crippen MR) is 136 cm³/mol. The number of ether oxygens (including phenoxy) is 1. The van der Waals surface area contributed by atoms with E-state index >= 15 is 0 Å². The Morgan fingerprint density at radius 3 is 2.70 bits per heavy atom. The normalized spacial score (nSPS) is 22.9. The van der Waals surface area contributed by atoms with Gasteiger partial charge in [-0.1, -0.05) is 29.8 Å². The Morgan fingerprint density at radius 2 is 2.03 bits per heavy atom. The van der Waals surface area contributed by atoms with E-state index in [1.807, 2.05) is 7.05 Å². The van der Waals surface area contributed by atoms with E-state index in [4.69, 9.17) is 4.74 Å². The molecule has 0 spiro atoms. The molecule has 2 fully saturated rings. The molecule has 2 aliphatic heterocycles. The molecule has 2 aliphatic rings. The molecule has 30 heavy (non-hydrogen) atoms. The Hall–Kier alpha value is -0.900. The number of morpholine rings is 1. The number of hydrogen-bond acceptors (Lipinski definition) is 4. The maximum atomic E-state index is 5.56. The zero-order chi connectivity index (χ0) is 20.6. The molecule has 2 heterocycles. The summed E-state index contributed by atoms with van der Waals surface area (Å²) in [5.74, 6) is 0.926. The van der Waals surface area contributed by atoms with Crippen molar-refractivity contribution in [2.75, 3.05) is 46.4 Å². The van der Waals surface area contributed by atoms with Gasteiger partial charge in [-0.3, -0.25) is 14.8 Å². The highest BCUT2D eigenvalue weighted by atomic mass is 127. The topological polar surface area (TPSA) is 52.1 Å². The van der Waals surface area contributed by atoms with E-state index in [1.165, 1.54) is 11.1 Å². The molecule has 170 valence electrons. The van der Waals surface area contributed by atoms with Crippen molar-refractivity contribution in [3.8, 4) is 0 Å². The SMILES string of the molecule is CN=C(NCC(C)N1CCOCC1C)NC1CCN(Cc2cccc(C)c2)CC1.I. The van der Waals surface area contributed by atoms with Gasteiger partial charge < -0.3 is 15.4 Å². The first-order chi connectivity index (χ1) is 14.0. The molecule has 0 aromatic heterocycles. The Balaban J connectivity index is 0.00000320. The summed E-state index contributed by atoms with van der Waals surface area (Å²) in [6.07, 6.45) is 2.31. The molecule has 2 saturated heterocycles. The number of guanidine groups is 1. The van der Waals surface area contributed by atoms with Crippen molar-refractivity contribution in [1.82, 2.24) is 20.4 Å². The summed E-state index contributed by atoms with van der Waals surface area (Å²) in [6.45, 7) is 13.6. The average molecular weight is 530 g/mol. The Labute approximate surface area is 199 Å². The maximum Gasteiger partial charge on any atom is 0.191 e. The zero-order valence-corrected chi connectivity index (χ0v) is 21.4. The summed E-state index contributed by atoms with van der Waals surface area (Å²) in [5, 5.41) is 7.17. The number of aryl methyl sites for hydroxylation is 1. The van der Waals surface area contributed by atoms with Crippen molar-refractivity contribution in [1.29, 1.82) is 0 Å². The van der Waals surface area contributed by atoms with E-state index in [2.05, 4.69) is 70.5 Å². The second-order valence-corrected chi connectivity index (χ2v) is 8.65. The molecule has 2 unspecified atom stereocenters. The number of likely N-dealkylation sites (tertiary alicyclic amines) is 1. The van der Waals surface area contributed by atoms with Gasteiger partial charge in [0.2, 0.25) is 0 Å². The van der Waals surface area contributed by atoms with E-state index in [-0.39, 0.29) is 24.0 Å². The van der Waals surface area contributed by atoms with Gasteiger partial charge in [-0.05, 0) is 39.2 Å². The third-order valence-electron chi connectivity index (χ3n) is 6.19. The molecule has 0 radical (unpaired) electrons. The third kappa shape index (κ3) is 7.66. The molecule has 0 aliphatic carbocycles. The number of nitrogens with one attached hydrogen (secondary N) is 2. The minimum absolute atomic E-state index is 0. The first kappa shape index (κ1) is 25.4. The molecule has 6 nitrogen and oxygen atoms in total. The number of piperidine rings is 1. The van der Waals surface area contributed by atoms with Crippen molar-refractivity contribution in [2.45, 2.75) is 58.3 Å². The third-order valence-corrected chi connectivity index (χ3v) is 6.19. The summed E-state index contributed by atoms with van der Waals surface area (Å²) in [7, 11) is 1.87. The molecule has 0 bridgehead atoms. The monoisotopic (exact) mass is 529 g/mol. The van der Waals surface area contributed by atoms with Crippen molar-refractivity contribution < 1.29 is 4.74 Å². The van der Waals surface area contributed by atoms with Crippen LogP contribution in [0.2, 0.25) is 0 Å². The highest BCUT2D eigenvalue weighted by molar-refractivity contribution is 14.0. The lowest BCUT2D eigenvalue weighted by atomic mass is 10.0. The van der Waals surface area contributed by atoms with E-state index < -0.39 is 0 Å². The fourth-order valence-corrected chi connectivity index (χ4v) is 4.45. The van der Waals surface area contributed by atoms with Crippen LogP contribution >= 0.6 is 24.0 Å². The van der Waals surface area contributed by atoms with Crippen LogP contribution in [0.3, 0.4) is 0 Å². The van der Waals surface area contributed by atoms with Crippen molar-refractivity contribution in [3.63, 3.8) is 0 Å².